The first-order chi connectivity index (χ1) is 8.47. The maximum Gasteiger partial charge on any atom is 0.255 e. The Morgan fingerprint density at radius 3 is 2.72 bits per heavy atom. The highest BCUT2D eigenvalue weighted by atomic mass is 79.9. The van der Waals surface area contributed by atoms with Crippen LogP contribution < -0.4 is 0 Å². The van der Waals surface area contributed by atoms with Crippen molar-refractivity contribution in [3.63, 3.8) is 0 Å². The van der Waals surface area contributed by atoms with Gasteiger partial charge in [0.2, 0.25) is 0 Å². The first-order valence-electron chi connectivity index (χ1n) is 5.63. The van der Waals surface area contributed by atoms with E-state index in [0.29, 0.717) is 23.4 Å². The van der Waals surface area contributed by atoms with E-state index >= 15 is 0 Å². The number of hydrogen-bond donors (Lipinski definition) is 1. The Labute approximate surface area is 121 Å². The highest BCUT2D eigenvalue weighted by Gasteiger charge is 2.20. The number of benzene rings is 1. The Bertz CT molecular complexity index is 482. The van der Waals surface area contributed by atoms with Crippen molar-refractivity contribution < 1.29 is 4.79 Å². The van der Waals surface area contributed by atoms with Crippen LogP contribution in [0.1, 0.15) is 30.6 Å². The third kappa shape index (κ3) is 3.76. The Kier molecular flexibility index (Phi) is 5.70. The molecular weight excluding hydrogens is 312 g/mol. The van der Waals surface area contributed by atoms with Crippen LogP contribution in [0.25, 0.3) is 0 Å². The molecule has 3 nitrogen and oxygen atoms in total. The molecule has 0 saturated carbocycles. The van der Waals surface area contributed by atoms with Crippen molar-refractivity contribution in [1.82, 2.24) is 4.90 Å². The summed E-state index contributed by atoms with van der Waals surface area (Å²) in [4.78, 5) is 14.7. The van der Waals surface area contributed by atoms with Crippen LogP contribution in [0.4, 0.5) is 0 Å². The molecule has 0 aliphatic heterocycles. The summed E-state index contributed by atoms with van der Waals surface area (Å²) in [6, 6.07) is 7.47. The summed E-state index contributed by atoms with van der Waals surface area (Å²) in [5.41, 5.74) is 0.563. The Hall–Kier alpha value is -0.990. The molecule has 0 spiro atoms. The molecule has 1 aromatic rings. The van der Waals surface area contributed by atoms with Crippen LogP contribution in [0.5, 0.6) is 0 Å². The number of nitrogens with zero attached hydrogens (tertiary/aromatic N) is 2. The minimum Gasteiger partial charge on any atom is -0.335 e. The number of thiol groups is 1. The van der Waals surface area contributed by atoms with Crippen molar-refractivity contribution in [3.8, 4) is 6.07 Å². The van der Waals surface area contributed by atoms with Crippen molar-refractivity contribution in [2.45, 2.75) is 31.2 Å². The van der Waals surface area contributed by atoms with Gasteiger partial charge in [-0.15, -0.1) is 12.6 Å². The second kappa shape index (κ2) is 6.81. The second-order valence-corrected chi connectivity index (χ2v) is 5.56. The lowest BCUT2D eigenvalue weighted by Crippen LogP contribution is -2.37. The number of nitriles is 1. The third-order valence-corrected chi connectivity index (χ3v) is 3.40. The molecule has 0 saturated heterocycles. The molecule has 0 aliphatic carbocycles. The largest absolute Gasteiger partial charge is 0.335 e. The van der Waals surface area contributed by atoms with Gasteiger partial charge in [0.25, 0.3) is 5.91 Å². The van der Waals surface area contributed by atoms with E-state index in [2.05, 4.69) is 34.6 Å². The molecule has 0 radical (unpaired) electrons. The fourth-order valence-electron chi connectivity index (χ4n) is 1.61. The highest BCUT2D eigenvalue weighted by Crippen LogP contribution is 2.22. The maximum atomic E-state index is 12.4. The van der Waals surface area contributed by atoms with E-state index in [1.807, 2.05) is 19.9 Å². The molecular formula is C13H15BrN2OS. The van der Waals surface area contributed by atoms with Gasteiger partial charge in [-0.1, -0.05) is 15.9 Å². The lowest BCUT2D eigenvalue weighted by atomic mass is 10.1. The number of halogens is 1. The molecule has 0 aliphatic rings. The SMILES string of the molecule is CC(C)N(CCC#N)C(=O)c1ccc(Br)cc1S. The van der Waals surface area contributed by atoms with Crippen LogP contribution in [0.2, 0.25) is 0 Å². The number of rotatable bonds is 4. The normalized spacial score (nSPS) is 10.2. The van der Waals surface area contributed by atoms with Gasteiger partial charge in [0.15, 0.2) is 0 Å². The first kappa shape index (κ1) is 15.1. The lowest BCUT2D eigenvalue weighted by Gasteiger charge is -2.26. The number of hydrogen-bond acceptors (Lipinski definition) is 3. The van der Waals surface area contributed by atoms with Gasteiger partial charge in [-0.2, -0.15) is 5.26 Å². The van der Waals surface area contributed by atoms with Crippen molar-refractivity contribution in [2.75, 3.05) is 6.54 Å². The van der Waals surface area contributed by atoms with E-state index in [9.17, 15) is 4.79 Å². The molecule has 18 heavy (non-hydrogen) atoms. The van der Waals surface area contributed by atoms with Gasteiger partial charge in [-0.25, -0.2) is 0 Å². The minimum atomic E-state index is -0.0854. The maximum absolute atomic E-state index is 12.4. The van der Waals surface area contributed by atoms with Crippen LogP contribution in [0, 0.1) is 11.3 Å². The summed E-state index contributed by atoms with van der Waals surface area (Å²) >= 11 is 7.65. The molecule has 0 N–H and O–H groups in total. The zero-order valence-electron chi connectivity index (χ0n) is 10.4. The van der Waals surface area contributed by atoms with Gasteiger partial charge in [-0.3, -0.25) is 4.79 Å². The van der Waals surface area contributed by atoms with E-state index in [1.165, 1.54) is 0 Å². The van der Waals surface area contributed by atoms with E-state index in [-0.39, 0.29) is 11.9 Å². The van der Waals surface area contributed by atoms with Crippen LogP contribution in [0.3, 0.4) is 0 Å². The Morgan fingerprint density at radius 1 is 1.56 bits per heavy atom. The minimum absolute atomic E-state index is 0.0576. The van der Waals surface area contributed by atoms with Gasteiger partial charge in [0.1, 0.15) is 0 Å². The number of carbonyl (C=O) groups excluding carboxylic acids is 1. The summed E-state index contributed by atoms with van der Waals surface area (Å²) < 4.78 is 0.886. The van der Waals surface area contributed by atoms with Gasteiger partial charge in [0.05, 0.1) is 18.1 Å². The lowest BCUT2D eigenvalue weighted by molar-refractivity contribution is 0.0706. The molecule has 0 heterocycles. The highest BCUT2D eigenvalue weighted by molar-refractivity contribution is 9.10. The topological polar surface area (TPSA) is 44.1 Å². The van der Waals surface area contributed by atoms with Crippen LogP contribution in [-0.2, 0) is 0 Å². The molecule has 1 amide bonds. The number of amides is 1. The number of carbonyl (C=O) groups is 1. The summed E-state index contributed by atoms with van der Waals surface area (Å²) in [6.45, 7) is 4.31. The van der Waals surface area contributed by atoms with Gasteiger partial charge >= 0.3 is 0 Å². The molecule has 5 heteroatoms. The molecule has 0 atom stereocenters. The zero-order chi connectivity index (χ0) is 13.7. The monoisotopic (exact) mass is 326 g/mol. The fraction of sp³-hybridized carbons (Fsp3) is 0.385. The molecule has 96 valence electrons. The molecule has 0 fully saturated rings. The molecule has 0 unspecified atom stereocenters. The molecule has 0 aromatic heterocycles. The molecule has 1 aromatic carbocycles. The van der Waals surface area contributed by atoms with Crippen molar-refractivity contribution in [3.05, 3.63) is 28.2 Å². The summed E-state index contributed by atoms with van der Waals surface area (Å²) in [6.07, 6.45) is 0.336. The van der Waals surface area contributed by atoms with E-state index < -0.39 is 0 Å². The van der Waals surface area contributed by atoms with E-state index in [0.717, 1.165) is 4.47 Å². The fourth-order valence-corrected chi connectivity index (χ4v) is 2.45. The standard InChI is InChI=1S/C13H15BrN2OS/c1-9(2)16(7-3-6-15)13(17)11-5-4-10(14)8-12(11)18/h4-5,8-9,18H,3,7H2,1-2H3. The third-order valence-electron chi connectivity index (χ3n) is 2.54. The van der Waals surface area contributed by atoms with Crippen LogP contribution in [0.15, 0.2) is 27.6 Å². The van der Waals surface area contributed by atoms with Crippen LogP contribution in [-0.4, -0.2) is 23.4 Å². The van der Waals surface area contributed by atoms with E-state index in [4.69, 9.17) is 5.26 Å². The predicted octanol–water partition coefficient (Wildman–Crippen LogP) is 3.50. The van der Waals surface area contributed by atoms with Gasteiger partial charge in [0, 0.05) is 22.0 Å². The first-order valence-corrected chi connectivity index (χ1v) is 6.87. The smallest absolute Gasteiger partial charge is 0.255 e. The second-order valence-electron chi connectivity index (χ2n) is 4.16. The Balaban J connectivity index is 2.99. The van der Waals surface area contributed by atoms with Gasteiger partial charge in [-0.05, 0) is 32.0 Å². The van der Waals surface area contributed by atoms with Crippen molar-refractivity contribution in [1.29, 1.82) is 5.26 Å². The average Bonchev–Trinajstić information content (AvgIpc) is 2.28. The summed E-state index contributed by atoms with van der Waals surface area (Å²) in [5.74, 6) is -0.0854. The van der Waals surface area contributed by atoms with Crippen LogP contribution >= 0.6 is 28.6 Å². The zero-order valence-corrected chi connectivity index (χ0v) is 12.8. The molecule has 1 rings (SSSR count). The van der Waals surface area contributed by atoms with Crippen molar-refractivity contribution in [2.24, 2.45) is 0 Å². The van der Waals surface area contributed by atoms with Gasteiger partial charge < -0.3 is 4.90 Å². The Morgan fingerprint density at radius 2 is 2.22 bits per heavy atom. The predicted molar refractivity (Wildman–Crippen MR) is 77.8 cm³/mol. The molecule has 0 bridgehead atoms. The van der Waals surface area contributed by atoms with Crippen molar-refractivity contribution >= 4 is 34.5 Å². The summed E-state index contributed by atoms with van der Waals surface area (Å²) in [7, 11) is 0. The quantitative estimate of drug-likeness (QED) is 0.860. The summed E-state index contributed by atoms with van der Waals surface area (Å²) in [5, 5.41) is 8.63. The average molecular weight is 327 g/mol. The van der Waals surface area contributed by atoms with E-state index in [1.54, 1.807) is 17.0 Å².